The van der Waals surface area contributed by atoms with E-state index in [4.69, 9.17) is 5.73 Å². The van der Waals surface area contributed by atoms with Gasteiger partial charge in [0.2, 0.25) is 5.91 Å². The number of primary amides is 1. The van der Waals surface area contributed by atoms with Crippen LogP contribution in [-0.2, 0) is 0 Å². The summed E-state index contributed by atoms with van der Waals surface area (Å²) in [7, 11) is 3.71. The lowest BCUT2D eigenvalue weighted by Gasteiger charge is -2.25. The normalized spacial score (nSPS) is 12.0. The topological polar surface area (TPSA) is 75.4 Å². The van der Waals surface area contributed by atoms with Gasteiger partial charge in [-0.2, -0.15) is 0 Å². The van der Waals surface area contributed by atoms with Crippen molar-refractivity contribution in [3.63, 3.8) is 0 Å². The van der Waals surface area contributed by atoms with Crippen LogP contribution in [-0.4, -0.2) is 37.4 Å². The molecular formula is C18H20FN3O2. The first-order valence-corrected chi connectivity index (χ1v) is 7.48. The second-order valence-corrected chi connectivity index (χ2v) is 5.69. The minimum atomic E-state index is -0.587. The average molecular weight is 329 g/mol. The molecule has 6 heteroatoms. The molecule has 0 radical (unpaired) electrons. The first-order valence-electron chi connectivity index (χ1n) is 7.48. The van der Waals surface area contributed by atoms with Gasteiger partial charge in [0.05, 0.1) is 6.04 Å². The zero-order valence-electron chi connectivity index (χ0n) is 13.6. The number of likely N-dealkylation sites (N-methyl/N-ethyl adjacent to an activating group) is 1. The van der Waals surface area contributed by atoms with Crippen molar-refractivity contribution in [1.82, 2.24) is 10.2 Å². The van der Waals surface area contributed by atoms with Crippen LogP contribution in [0.4, 0.5) is 4.39 Å². The number of amides is 2. The molecule has 126 valence electrons. The van der Waals surface area contributed by atoms with Crippen LogP contribution in [0.15, 0.2) is 48.5 Å². The Morgan fingerprint density at radius 1 is 1.12 bits per heavy atom. The van der Waals surface area contributed by atoms with Crippen molar-refractivity contribution in [3.8, 4) is 0 Å². The highest BCUT2D eigenvalue weighted by Crippen LogP contribution is 2.18. The van der Waals surface area contributed by atoms with Crippen molar-refractivity contribution in [2.75, 3.05) is 20.6 Å². The SMILES string of the molecule is CN(C)[C@@H](CNC(=O)c1cccc(C(N)=O)c1)c1cccc(F)c1. The van der Waals surface area contributed by atoms with E-state index in [-0.39, 0.29) is 23.3 Å². The maximum Gasteiger partial charge on any atom is 0.251 e. The molecule has 2 aromatic rings. The summed E-state index contributed by atoms with van der Waals surface area (Å²) in [5.74, 6) is -1.23. The molecule has 0 unspecified atom stereocenters. The number of hydrogen-bond acceptors (Lipinski definition) is 3. The van der Waals surface area contributed by atoms with Crippen LogP contribution in [0.3, 0.4) is 0 Å². The smallest absolute Gasteiger partial charge is 0.251 e. The lowest BCUT2D eigenvalue weighted by Crippen LogP contribution is -2.34. The Labute approximate surface area is 140 Å². The first kappa shape index (κ1) is 17.6. The molecule has 2 rings (SSSR count). The fraction of sp³-hybridized carbons (Fsp3) is 0.222. The van der Waals surface area contributed by atoms with E-state index in [0.29, 0.717) is 12.1 Å². The van der Waals surface area contributed by atoms with E-state index >= 15 is 0 Å². The van der Waals surface area contributed by atoms with E-state index in [1.165, 1.54) is 18.2 Å². The Morgan fingerprint density at radius 3 is 2.42 bits per heavy atom. The van der Waals surface area contributed by atoms with Crippen LogP contribution in [0.25, 0.3) is 0 Å². The highest BCUT2D eigenvalue weighted by atomic mass is 19.1. The molecule has 0 spiro atoms. The van der Waals surface area contributed by atoms with Gasteiger partial charge in [-0.25, -0.2) is 4.39 Å². The summed E-state index contributed by atoms with van der Waals surface area (Å²) in [6.45, 7) is 0.302. The standard InChI is InChI=1S/C18H20FN3O2/c1-22(2)16(12-5-4-8-15(19)10-12)11-21-18(24)14-7-3-6-13(9-14)17(20)23/h3-10,16H,11H2,1-2H3,(H2,20,23)(H,21,24)/t16-/m0/s1. The average Bonchev–Trinajstić information content (AvgIpc) is 2.54. The molecule has 24 heavy (non-hydrogen) atoms. The van der Waals surface area contributed by atoms with Crippen LogP contribution < -0.4 is 11.1 Å². The molecule has 1 atom stereocenters. The van der Waals surface area contributed by atoms with Crippen molar-refractivity contribution in [1.29, 1.82) is 0 Å². The molecule has 0 fully saturated rings. The number of hydrogen-bond donors (Lipinski definition) is 2. The van der Waals surface area contributed by atoms with Gasteiger partial charge in [-0.05, 0) is 50.0 Å². The van der Waals surface area contributed by atoms with Gasteiger partial charge in [0.1, 0.15) is 5.82 Å². The molecule has 0 aliphatic carbocycles. The molecule has 3 N–H and O–H groups in total. The number of halogens is 1. The van der Waals surface area contributed by atoms with Crippen molar-refractivity contribution in [2.24, 2.45) is 5.73 Å². The van der Waals surface area contributed by atoms with Crippen molar-refractivity contribution >= 4 is 11.8 Å². The highest BCUT2D eigenvalue weighted by molar-refractivity contribution is 5.99. The molecular weight excluding hydrogens is 309 g/mol. The molecule has 0 heterocycles. The summed E-state index contributed by atoms with van der Waals surface area (Å²) in [6, 6.07) is 12.3. The molecule has 0 saturated heterocycles. The predicted octanol–water partition coefficient (Wildman–Crippen LogP) is 1.96. The molecule has 0 aliphatic rings. The number of rotatable bonds is 6. The lowest BCUT2D eigenvalue weighted by molar-refractivity contribution is 0.0942. The number of nitrogens with zero attached hydrogens (tertiary/aromatic N) is 1. The zero-order valence-corrected chi connectivity index (χ0v) is 13.6. The van der Waals surface area contributed by atoms with E-state index < -0.39 is 5.91 Å². The van der Waals surface area contributed by atoms with Gasteiger partial charge in [0, 0.05) is 17.7 Å². The number of benzene rings is 2. The second-order valence-electron chi connectivity index (χ2n) is 5.69. The Bertz CT molecular complexity index is 747. The van der Waals surface area contributed by atoms with Crippen LogP contribution in [0, 0.1) is 5.82 Å². The first-order chi connectivity index (χ1) is 11.4. The number of nitrogens with one attached hydrogen (secondary N) is 1. The third-order valence-electron chi connectivity index (χ3n) is 3.72. The summed E-state index contributed by atoms with van der Waals surface area (Å²) in [5.41, 5.74) is 6.62. The van der Waals surface area contributed by atoms with Crippen LogP contribution in [0.5, 0.6) is 0 Å². The largest absolute Gasteiger partial charge is 0.366 e. The number of nitrogens with two attached hydrogens (primary N) is 1. The number of carbonyl (C=O) groups excluding carboxylic acids is 2. The highest BCUT2D eigenvalue weighted by Gasteiger charge is 2.17. The Hall–Kier alpha value is -2.73. The molecule has 0 aromatic heterocycles. The summed E-state index contributed by atoms with van der Waals surface area (Å²) in [4.78, 5) is 25.4. The quantitative estimate of drug-likeness (QED) is 0.851. The van der Waals surface area contributed by atoms with Gasteiger partial charge >= 0.3 is 0 Å². The second kappa shape index (κ2) is 7.70. The Kier molecular flexibility index (Phi) is 5.65. The molecule has 2 amide bonds. The summed E-state index contributed by atoms with van der Waals surface area (Å²) < 4.78 is 13.4. The third-order valence-corrected chi connectivity index (χ3v) is 3.72. The minimum absolute atomic E-state index is 0.177. The fourth-order valence-electron chi connectivity index (χ4n) is 2.42. The maximum atomic E-state index is 13.4. The summed E-state index contributed by atoms with van der Waals surface area (Å²) in [6.07, 6.45) is 0. The molecule has 0 bridgehead atoms. The van der Waals surface area contributed by atoms with Gasteiger partial charge in [0.15, 0.2) is 0 Å². The minimum Gasteiger partial charge on any atom is -0.366 e. The van der Waals surface area contributed by atoms with E-state index in [2.05, 4.69) is 5.32 Å². The zero-order chi connectivity index (χ0) is 17.7. The predicted molar refractivity (Wildman–Crippen MR) is 90.1 cm³/mol. The Morgan fingerprint density at radius 2 is 1.79 bits per heavy atom. The van der Waals surface area contributed by atoms with Crippen molar-refractivity contribution < 1.29 is 14.0 Å². The van der Waals surface area contributed by atoms with Crippen LogP contribution in [0.1, 0.15) is 32.3 Å². The third kappa shape index (κ3) is 4.39. The van der Waals surface area contributed by atoms with E-state index in [1.54, 1.807) is 24.3 Å². The van der Waals surface area contributed by atoms with Gasteiger partial charge in [-0.3, -0.25) is 9.59 Å². The summed E-state index contributed by atoms with van der Waals surface area (Å²) >= 11 is 0. The van der Waals surface area contributed by atoms with Gasteiger partial charge in [-0.1, -0.05) is 18.2 Å². The molecule has 2 aromatic carbocycles. The lowest BCUT2D eigenvalue weighted by atomic mass is 10.1. The van der Waals surface area contributed by atoms with E-state index in [0.717, 1.165) is 5.56 Å². The van der Waals surface area contributed by atoms with Gasteiger partial charge in [-0.15, -0.1) is 0 Å². The monoisotopic (exact) mass is 329 g/mol. The Balaban J connectivity index is 2.10. The van der Waals surface area contributed by atoms with Crippen molar-refractivity contribution in [3.05, 3.63) is 71.0 Å². The molecule has 0 saturated carbocycles. The number of carbonyl (C=O) groups is 2. The summed E-state index contributed by atoms with van der Waals surface area (Å²) in [5, 5.41) is 2.81. The van der Waals surface area contributed by atoms with Crippen LogP contribution >= 0.6 is 0 Å². The fourth-order valence-corrected chi connectivity index (χ4v) is 2.42. The van der Waals surface area contributed by atoms with E-state index in [9.17, 15) is 14.0 Å². The maximum absolute atomic E-state index is 13.4. The molecule has 0 aliphatic heterocycles. The van der Waals surface area contributed by atoms with Gasteiger partial charge in [0.25, 0.3) is 5.91 Å². The van der Waals surface area contributed by atoms with Crippen molar-refractivity contribution in [2.45, 2.75) is 6.04 Å². The molecule has 5 nitrogen and oxygen atoms in total. The van der Waals surface area contributed by atoms with Gasteiger partial charge < -0.3 is 16.0 Å². The van der Waals surface area contributed by atoms with E-state index in [1.807, 2.05) is 25.1 Å². The van der Waals surface area contributed by atoms with Crippen LogP contribution in [0.2, 0.25) is 0 Å².